The van der Waals surface area contributed by atoms with E-state index in [4.69, 9.17) is 0 Å². The van der Waals surface area contributed by atoms with Crippen molar-refractivity contribution in [3.05, 3.63) is 58.3 Å². The minimum absolute atomic E-state index is 0.0185. The summed E-state index contributed by atoms with van der Waals surface area (Å²) in [4.78, 5) is 26.2. The van der Waals surface area contributed by atoms with E-state index in [0.717, 1.165) is 24.2 Å². The van der Waals surface area contributed by atoms with Gasteiger partial charge in [0.2, 0.25) is 5.91 Å². The number of anilines is 1. The van der Waals surface area contributed by atoms with Crippen molar-refractivity contribution in [1.29, 1.82) is 0 Å². The van der Waals surface area contributed by atoms with E-state index in [-0.39, 0.29) is 28.3 Å². The normalized spacial score (nSPS) is 21.1. The second-order valence-corrected chi connectivity index (χ2v) is 9.06. The van der Waals surface area contributed by atoms with E-state index < -0.39 is 21.4 Å². The first-order valence-corrected chi connectivity index (χ1v) is 10.5. The average molecular weight is 405 g/mol. The molecule has 2 aliphatic rings. The van der Waals surface area contributed by atoms with Crippen LogP contribution in [0.25, 0.3) is 0 Å². The van der Waals surface area contributed by atoms with Crippen LogP contribution in [0, 0.1) is 11.7 Å². The molecule has 28 heavy (non-hydrogen) atoms. The number of carbonyl (C=O) groups excluding carboxylic acids is 1. The number of piperidine rings is 1. The molecule has 1 aromatic carbocycles. The summed E-state index contributed by atoms with van der Waals surface area (Å²) in [5.41, 5.74) is 0.306. The van der Waals surface area contributed by atoms with Gasteiger partial charge in [0.15, 0.2) is 0 Å². The zero-order chi connectivity index (χ0) is 20.1. The molecule has 148 valence electrons. The molecule has 1 N–H and O–H groups in total. The molecule has 1 amide bonds. The van der Waals surface area contributed by atoms with E-state index in [1.165, 1.54) is 18.2 Å². The number of nitrogens with zero attached hydrogens (tertiary/aromatic N) is 2. The fourth-order valence-electron chi connectivity index (χ4n) is 4.12. The molecule has 3 heterocycles. The first kappa shape index (κ1) is 18.7. The van der Waals surface area contributed by atoms with Crippen molar-refractivity contribution < 1.29 is 17.6 Å². The molecule has 0 radical (unpaired) electrons. The Bertz CT molecular complexity index is 1110. The summed E-state index contributed by atoms with van der Waals surface area (Å²) in [6.45, 7) is 3.12. The van der Waals surface area contributed by atoms with Crippen molar-refractivity contribution in [2.24, 2.45) is 5.92 Å². The molecule has 1 saturated heterocycles. The Balaban J connectivity index is 1.67. The molecule has 7 nitrogen and oxygen atoms in total. The minimum Gasteiger partial charge on any atom is -0.342 e. The summed E-state index contributed by atoms with van der Waals surface area (Å²) in [6.07, 6.45) is 0.900. The molecule has 4 rings (SSSR count). The van der Waals surface area contributed by atoms with Crippen LogP contribution in [-0.4, -0.2) is 36.9 Å². The van der Waals surface area contributed by atoms with E-state index in [1.54, 1.807) is 22.5 Å². The third-order valence-corrected chi connectivity index (χ3v) is 6.76. The Morgan fingerprint density at radius 1 is 1.18 bits per heavy atom. The van der Waals surface area contributed by atoms with E-state index in [9.17, 15) is 22.4 Å². The number of hydrogen-bond donors (Lipinski definition) is 1. The van der Waals surface area contributed by atoms with E-state index in [1.807, 2.05) is 0 Å². The quantitative estimate of drug-likeness (QED) is 0.843. The molecule has 2 aromatic rings. The summed E-state index contributed by atoms with van der Waals surface area (Å²) in [5, 5.41) is 0. The smallest absolute Gasteiger partial charge is 0.275 e. The number of hydrogen-bond acceptors (Lipinski definition) is 4. The van der Waals surface area contributed by atoms with Gasteiger partial charge >= 0.3 is 0 Å². The number of aromatic nitrogens is 1. The number of fused-ring (bicyclic) bond motifs is 4. The predicted molar refractivity (Wildman–Crippen MR) is 101 cm³/mol. The molecule has 2 aliphatic heterocycles. The Morgan fingerprint density at radius 3 is 2.68 bits per heavy atom. The highest BCUT2D eigenvalue weighted by Gasteiger charge is 2.36. The van der Waals surface area contributed by atoms with Gasteiger partial charge in [-0.25, -0.2) is 12.8 Å². The monoisotopic (exact) mass is 405 g/mol. The van der Waals surface area contributed by atoms with Gasteiger partial charge in [-0.3, -0.25) is 14.3 Å². The fraction of sp³-hybridized carbons (Fsp3) is 0.368. The van der Waals surface area contributed by atoms with E-state index >= 15 is 0 Å². The van der Waals surface area contributed by atoms with Crippen molar-refractivity contribution in [1.82, 2.24) is 9.47 Å². The van der Waals surface area contributed by atoms with Gasteiger partial charge in [0.05, 0.1) is 4.90 Å². The number of pyridine rings is 1. The number of likely N-dealkylation sites (tertiary alicyclic amines) is 1. The Labute approximate surface area is 161 Å². The average Bonchev–Trinajstić information content (AvgIpc) is 2.64. The summed E-state index contributed by atoms with van der Waals surface area (Å²) in [5.74, 6) is -0.446. The summed E-state index contributed by atoms with van der Waals surface area (Å²) in [6, 6.07) is 7.79. The first-order valence-electron chi connectivity index (χ1n) is 9.02. The Kier molecular flexibility index (Phi) is 4.49. The van der Waals surface area contributed by atoms with Gasteiger partial charge in [-0.1, -0.05) is 6.07 Å². The second-order valence-electron chi connectivity index (χ2n) is 7.37. The maximum atomic E-state index is 13.4. The highest BCUT2D eigenvalue weighted by molar-refractivity contribution is 7.92. The zero-order valence-corrected chi connectivity index (χ0v) is 16.1. The number of benzene rings is 1. The lowest BCUT2D eigenvalue weighted by Crippen LogP contribution is -2.48. The molecular weight excluding hydrogens is 385 g/mol. The predicted octanol–water partition coefficient (Wildman–Crippen LogP) is 1.75. The number of rotatable bonds is 3. The second kappa shape index (κ2) is 6.73. The molecule has 2 atom stereocenters. The van der Waals surface area contributed by atoms with Gasteiger partial charge in [-0.2, -0.15) is 0 Å². The largest absolute Gasteiger partial charge is 0.342 e. The molecule has 0 spiro atoms. The maximum absolute atomic E-state index is 13.4. The SMILES string of the molecule is CC(=O)N1C[C@@H]2C[C@H](C1)c1ccc(NS(=O)(=O)c3cccc(F)c3)c(=O)n1C2. The lowest BCUT2D eigenvalue weighted by Gasteiger charge is -2.42. The van der Waals surface area contributed by atoms with Crippen molar-refractivity contribution in [3.63, 3.8) is 0 Å². The van der Waals surface area contributed by atoms with Crippen LogP contribution in [0.15, 0.2) is 46.1 Å². The molecule has 1 aromatic heterocycles. The lowest BCUT2D eigenvalue weighted by atomic mass is 9.83. The van der Waals surface area contributed by atoms with Crippen LogP contribution in [0.2, 0.25) is 0 Å². The molecule has 0 aliphatic carbocycles. The van der Waals surface area contributed by atoms with Crippen LogP contribution >= 0.6 is 0 Å². The molecule has 9 heteroatoms. The van der Waals surface area contributed by atoms with Gasteiger partial charge in [0, 0.05) is 38.2 Å². The minimum atomic E-state index is -4.08. The number of sulfonamides is 1. The molecule has 0 unspecified atom stereocenters. The number of amides is 1. The highest BCUT2D eigenvalue weighted by Crippen LogP contribution is 2.35. The topological polar surface area (TPSA) is 88.5 Å². The van der Waals surface area contributed by atoms with Gasteiger partial charge in [0.25, 0.3) is 15.6 Å². The Morgan fingerprint density at radius 2 is 1.96 bits per heavy atom. The van der Waals surface area contributed by atoms with Crippen LogP contribution < -0.4 is 10.3 Å². The van der Waals surface area contributed by atoms with Crippen molar-refractivity contribution in [2.45, 2.75) is 30.7 Å². The zero-order valence-electron chi connectivity index (χ0n) is 15.3. The Hall–Kier alpha value is -2.68. The number of halogens is 1. The molecular formula is C19H20FN3O4S. The summed E-state index contributed by atoms with van der Waals surface area (Å²) >= 11 is 0. The van der Waals surface area contributed by atoms with Crippen molar-refractivity contribution in [2.75, 3.05) is 17.8 Å². The maximum Gasteiger partial charge on any atom is 0.275 e. The van der Waals surface area contributed by atoms with Crippen LogP contribution in [0.5, 0.6) is 0 Å². The van der Waals surface area contributed by atoms with Gasteiger partial charge < -0.3 is 9.47 Å². The van der Waals surface area contributed by atoms with E-state index in [2.05, 4.69) is 4.72 Å². The van der Waals surface area contributed by atoms with Crippen LogP contribution in [0.4, 0.5) is 10.1 Å². The van der Waals surface area contributed by atoms with Crippen LogP contribution in [-0.2, 0) is 21.4 Å². The van der Waals surface area contributed by atoms with Crippen LogP contribution in [0.3, 0.4) is 0 Å². The van der Waals surface area contributed by atoms with Crippen LogP contribution in [0.1, 0.15) is 25.0 Å². The standard InChI is InChI=1S/C19H20FN3O4S/c1-12(24)22-9-13-7-14(11-22)18-6-5-17(19(25)23(18)10-13)21-28(26,27)16-4-2-3-15(20)8-16/h2-6,8,13-14,21H,7,9-11H2,1H3/t13-,14+/m0/s1. The summed E-state index contributed by atoms with van der Waals surface area (Å²) < 4.78 is 42.3. The van der Waals surface area contributed by atoms with Gasteiger partial charge in [-0.15, -0.1) is 0 Å². The summed E-state index contributed by atoms with van der Waals surface area (Å²) in [7, 11) is -4.08. The van der Waals surface area contributed by atoms with E-state index in [0.29, 0.717) is 19.6 Å². The first-order chi connectivity index (χ1) is 13.2. The molecule has 2 bridgehead atoms. The fourth-order valence-corrected chi connectivity index (χ4v) is 5.21. The highest BCUT2D eigenvalue weighted by atomic mass is 32.2. The third-order valence-electron chi connectivity index (χ3n) is 5.40. The third kappa shape index (κ3) is 3.30. The van der Waals surface area contributed by atoms with Gasteiger partial charge in [-0.05, 0) is 42.7 Å². The van der Waals surface area contributed by atoms with Gasteiger partial charge in [0.1, 0.15) is 11.5 Å². The van der Waals surface area contributed by atoms with Crippen molar-refractivity contribution in [3.8, 4) is 0 Å². The number of nitrogens with one attached hydrogen (secondary N) is 1. The lowest BCUT2D eigenvalue weighted by molar-refractivity contribution is -0.131. The molecule has 0 saturated carbocycles. The van der Waals surface area contributed by atoms with Crippen molar-refractivity contribution >= 4 is 21.6 Å². The molecule has 1 fully saturated rings. The number of carbonyl (C=O) groups is 1.